The Hall–Kier alpha value is -0.570. The summed E-state index contributed by atoms with van der Waals surface area (Å²) < 4.78 is 0. The molecule has 0 saturated heterocycles. The average molecular weight is 214 g/mol. The first-order valence-electron chi connectivity index (χ1n) is 6.14. The molecule has 0 heterocycles. The van der Waals surface area contributed by atoms with E-state index in [1.807, 2.05) is 0 Å². The van der Waals surface area contributed by atoms with Crippen molar-refractivity contribution < 1.29 is 4.79 Å². The van der Waals surface area contributed by atoms with Gasteiger partial charge in [0.1, 0.15) is 0 Å². The van der Waals surface area contributed by atoms with Crippen LogP contribution in [-0.2, 0) is 4.79 Å². The molecule has 90 valence electrons. The van der Waals surface area contributed by atoms with Crippen LogP contribution in [0.2, 0.25) is 0 Å². The van der Waals surface area contributed by atoms with Crippen LogP contribution in [0.4, 0.5) is 0 Å². The Labute approximate surface area is 94.0 Å². The van der Waals surface area contributed by atoms with Gasteiger partial charge in [-0.05, 0) is 25.3 Å². The number of carbonyl (C=O) groups excluding carboxylic acids is 1. The second-order valence-electron chi connectivity index (χ2n) is 4.42. The van der Waals surface area contributed by atoms with Gasteiger partial charge in [0, 0.05) is 6.54 Å². The van der Waals surface area contributed by atoms with E-state index in [2.05, 4.69) is 31.4 Å². The fraction of sp³-hybridized carbons (Fsp3) is 0.917. The summed E-state index contributed by atoms with van der Waals surface area (Å²) in [5.74, 6) is 0.889. The van der Waals surface area contributed by atoms with Gasteiger partial charge in [-0.15, -0.1) is 0 Å². The van der Waals surface area contributed by atoms with Crippen LogP contribution in [0.3, 0.4) is 0 Å². The maximum atomic E-state index is 11.2. The standard InChI is InChI=1S/C12H26N2O/c1-4-8-13-10-12(15)14-9-6-5-7-11(2)3/h11,13H,4-10H2,1-3H3,(H,14,15). The van der Waals surface area contributed by atoms with Crippen molar-refractivity contribution in [2.24, 2.45) is 5.92 Å². The molecular formula is C12H26N2O. The molecule has 0 aliphatic rings. The largest absolute Gasteiger partial charge is 0.355 e. The highest BCUT2D eigenvalue weighted by Gasteiger charge is 1.99. The third kappa shape index (κ3) is 11.4. The highest BCUT2D eigenvalue weighted by Crippen LogP contribution is 2.04. The Kier molecular flexibility index (Phi) is 9.59. The minimum Gasteiger partial charge on any atom is -0.355 e. The first kappa shape index (κ1) is 14.4. The number of rotatable bonds is 9. The molecule has 3 nitrogen and oxygen atoms in total. The van der Waals surface area contributed by atoms with Crippen molar-refractivity contribution in [2.45, 2.75) is 46.5 Å². The molecule has 15 heavy (non-hydrogen) atoms. The van der Waals surface area contributed by atoms with Crippen LogP contribution < -0.4 is 10.6 Å². The molecule has 0 radical (unpaired) electrons. The molecule has 0 spiro atoms. The number of unbranched alkanes of at least 4 members (excludes halogenated alkanes) is 1. The van der Waals surface area contributed by atoms with Gasteiger partial charge in [-0.1, -0.05) is 33.6 Å². The summed E-state index contributed by atoms with van der Waals surface area (Å²) in [6.45, 7) is 8.75. The lowest BCUT2D eigenvalue weighted by Gasteiger charge is -2.07. The molecule has 1 amide bonds. The van der Waals surface area contributed by atoms with E-state index in [0.29, 0.717) is 6.54 Å². The molecule has 0 aliphatic carbocycles. The molecule has 0 atom stereocenters. The van der Waals surface area contributed by atoms with E-state index >= 15 is 0 Å². The summed E-state index contributed by atoms with van der Waals surface area (Å²) in [5.41, 5.74) is 0. The van der Waals surface area contributed by atoms with E-state index in [0.717, 1.165) is 31.8 Å². The number of carbonyl (C=O) groups is 1. The summed E-state index contributed by atoms with van der Waals surface area (Å²) >= 11 is 0. The van der Waals surface area contributed by atoms with Crippen LogP contribution in [-0.4, -0.2) is 25.5 Å². The van der Waals surface area contributed by atoms with Gasteiger partial charge in [0.25, 0.3) is 0 Å². The van der Waals surface area contributed by atoms with E-state index in [1.54, 1.807) is 0 Å². The van der Waals surface area contributed by atoms with Crippen LogP contribution in [0.15, 0.2) is 0 Å². The zero-order valence-corrected chi connectivity index (χ0v) is 10.4. The predicted octanol–water partition coefficient (Wildman–Crippen LogP) is 1.93. The third-order valence-corrected chi connectivity index (χ3v) is 2.24. The molecule has 0 rings (SSSR count). The van der Waals surface area contributed by atoms with Gasteiger partial charge >= 0.3 is 0 Å². The Morgan fingerprint density at radius 2 is 1.93 bits per heavy atom. The molecule has 0 unspecified atom stereocenters. The van der Waals surface area contributed by atoms with E-state index in [-0.39, 0.29) is 5.91 Å². The zero-order valence-electron chi connectivity index (χ0n) is 10.4. The number of hydrogen-bond acceptors (Lipinski definition) is 2. The number of nitrogens with one attached hydrogen (secondary N) is 2. The van der Waals surface area contributed by atoms with Crippen LogP contribution in [0.25, 0.3) is 0 Å². The van der Waals surface area contributed by atoms with E-state index < -0.39 is 0 Å². The lowest BCUT2D eigenvalue weighted by Crippen LogP contribution is -2.34. The van der Waals surface area contributed by atoms with Gasteiger partial charge in [0.2, 0.25) is 5.91 Å². The molecule has 0 fully saturated rings. The van der Waals surface area contributed by atoms with Crippen molar-refractivity contribution in [3.63, 3.8) is 0 Å². The molecule has 3 heteroatoms. The van der Waals surface area contributed by atoms with Crippen LogP contribution >= 0.6 is 0 Å². The minimum atomic E-state index is 0.119. The maximum Gasteiger partial charge on any atom is 0.233 e. The highest BCUT2D eigenvalue weighted by molar-refractivity contribution is 5.77. The first-order chi connectivity index (χ1) is 7.16. The Morgan fingerprint density at radius 3 is 2.53 bits per heavy atom. The summed E-state index contributed by atoms with van der Waals surface area (Å²) in [6, 6.07) is 0. The average Bonchev–Trinajstić information content (AvgIpc) is 2.17. The molecule has 0 aromatic heterocycles. The SMILES string of the molecule is CCCNCC(=O)NCCCCC(C)C. The monoisotopic (exact) mass is 214 g/mol. The topological polar surface area (TPSA) is 41.1 Å². The van der Waals surface area contributed by atoms with Crippen molar-refractivity contribution in [3.8, 4) is 0 Å². The predicted molar refractivity (Wildman–Crippen MR) is 64.9 cm³/mol. The lowest BCUT2D eigenvalue weighted by molar-refractivity contribution is -0.120. The van der Waals surface area contributed by atoms with Gasteiger partial charge in [-0.3, -0.25) is 4.79 Å². The fourth-order valence-corrected chi connectivity index (χ4v) is 1.35. The van der Waals surface area contributed by atoms with Gasteiger partial charge in [0.15, 0.2) is 0 Å². The minimum absolute atomic E-state index is 0.119. The molecule has 0 aromatic carbocycles. The Bertz CT molecular complexity index is 158. The summed E-state index contributed by atoms with van der Waals surface area (Å²) in [6.07, 6.45) is 4.63. The van der Waals surface area contributed by atoms with Crippen molar-refractivity contribution >= 4 is 5.91 Å². The molecule has 0 bridgehead atoms. The summed E-state index contributed by atoms with van der Waals surface area (Å²) in [5, 5.41) is 6.00. The fourth-order valence-electron chi connectivity index (χ4n) is 1.35. The van der Waals surface area contributed by atoms with E-state index in [9.17, 15) is 4.79 Å². The Balaban J connectivity index is 3.17. The molecule has 0 aliphatic heterocycles. The summed E-state index contributed by atoms with van der Waals surface area (Å²) in [7, 11) is 0. The van der Waals surface area contributed by atoms with Crippen LogP contribution in [0, 0.1) is 5.92 Å². The lowest BCUT2D eigenvalue weighted by atomic mass is 10.1. The third-order valence-electron chi connectivity index (χ3n) is 2.24. The molecular weight excluding hydrogens is 188 g/mol. The zero-order chi connectivity index (χ0) is 11.5. The molecule has 0 saturated carbocycles. The first-order valence-corrected chi connectivity index (χ1v) is 6.14. The van der Waals surface area contributed by atoms with Gasteiger partial charge in [-0.2, -0.15) is 0 Å². The normalized spacial score (nSPS) is 10.7. The second kappa shape index (κ2) is 9.97. The van der Waals surface area contributed by atoms with Gasteiger partial charge in [-0.25, -0.2) is 0 Å². The van der Waals surface area contributed by atoms with Crippen molar-refractivity contribution in [1.29, 1.82) is 0 Å². The quantitative estimate of drug-likeness (QED) is 0.576. The molecule has 0 aromatic rings. The van der Waals surface area contributed by atoms with Gasteiger partial charge < -0.3 is 10.6 Å². The van der Waals surface area contributed by atoms with Crippen molar-refractivity contribution in [2.75, 3.05) is 19.6 Å². The number of amides is 1. The van der Waals surface area contributed by atoms with E-state index in [1.165, 1.54) is 12.8 Å². The molecule has 2 N–H and O–H groups in total. The summed E-state index contributed by atoms with van der Waals surface area (Å²) in [4.78, 5) is 11.2. The van der Waals surface area contributed by atoms with E-state index in [4.69, 9.17) is 0 Å². The van der Waals surface area contributed by atoms with Crippen molar-refractivity contribution in [3.05, 3.63) is 0 Å². The highest BCUT2D eigenvalue weighted by atomic mass is 16.1. The number of hydrogen-bond donors (Lipinski definition) is 2. The van der Waals surface area contributed by atoms with Crippen LogP contribution in [0.5, 0.6) is 0 Å². The van der Waals surface area contributed by atoms with Crippen LogP contribution in [0.1, 0.15) is 46.5 Å². The maximum absolute atomic E-state index is 11.2. The van der Waals surface area contributed by atoms with Gasteiger partial charge in [0.05, 0.1) is 6.54 Å². The second-order valence-corrected chi connectivity index (χ2v) is 4.42. The van der Waals surface area contributed by atoms with Crippen molar-refractivity contribution in [1.82, 2.24) is 10.6 Å². The Morgan fingerprint density at radius 1 is 1.20 bits per heavy atom. The smallest absolute Gasteiger partial charge is 0.233 e.